The molecule has 1 aromatic heterocycles. The second-order valence-electron chi connectivity index (χ2n) is 3.76. The van der Waals surface area contributed by atoms with Crippen molar-refractivity contribution in [3.63, 3.8) is 0 Å². The van der Waals surface area contributed by atoms with E-state index >= 15 is 0 Å². The molecule has 2 aromatic rings. The van der Waals surface area contributed by atoms with E-state index in [2.05, 4.69) is 0 Å². The lowest BCUT2D eigenvalue weighted by Gasteiger charge is -2.00. The van der Waals surface area contributed by atoms with Crippen LogP contribution in [0.15, 0.2) is 22.6 Å². The molecule has 1 aromatic carbocycles. The highest BCUT2D eigenvalue weighted by molar-refractivity contribution is 8.13. The summed E-state index contributed by atoms with van der Waals surface area (Å²) in [4.78, 5) is 0. The summed E-state index contributed by atoms with van der Waals surface area (Å²) in [6.07, 6.45) is 0. The second-order valence-corrected chi connectivity index (χ2v) is 6.53. The Hall–Kier alpha value is -1.00. The van der Waals surface area contributed by atoms with Gasteiger partial charge in [-0.3, -0.25) is 0 Å². The lowest BCUT2D eigenvalue weighted by molar-refractivity contribution is 0.575. The molecule has 0 fully saturated rings. The average molecular weight is 259 g/mol. The molecule has 2 rings (SSSR count). The van der Waals surface area contributed by atoms with Crippen LogP contribution in [0.5, 0.6) is 0 Å². The first-order valence-corrected chi connectivity index (χ1v) is 7.26. The molecule has 0 amide bonds. The molecule has 0 saturated heterocycles. The fourth-order valence-electron chi connectivity index (χ4n) is 1.81. The molecule has 0 aliphatic heterocycles. The predicted molar refractivity (Wildman–Crippen MR) is 64.2 cm³/mol. The van der Waals surface area contributed by atoms with Gasteiger partial charge in [-0.2, -0.15) is 0 Å². The minimum Gasteiger partial charge on any atom is -0.461 e. The van der Waals surface area contributed by atoms with Gasteiger partial charge in [0.05, 0.1) is 5.75 Å². The van der Waals surface area contributed by atoms with Gasteiger partial charge < -0.3 is 4.42 Å². The maximum absolute atomic E-state index is 11.1. The molecular weight excluding hydrogens is 248 g/mol. The van der Waals surface area contributed by atoms with Crippen molar-refractivity contribution < 1.29 is 12.8 Å². The van der Waals surface area contributed by atoms with Crippen molar-refractivity contribution in [1.82, 2.24) is 0 Å². The van der Waals surface area contributed by atoms with E-state index < -0.39 is 9.05 Å². The Morgan fingerprint density at radius 2 is 2.00 bits per heavy atom. The average Bonchev–Trinajstić information content (AvgIpc) is 2.41. The van der Waals surface area contributed by atoms with Gasteiger partial charge in [-0.05, 0) is 31.0 Å². The van der Waals surface area contributed by atoms with E-state index in [4.69, 9.17) is 15.1 Å². The number of halogens is 1. The third kappa shape index (κ3) is 2.08. The Morgan fingerprint density at radius 3 is 2.62 bits per heavy atom. The molecule has 5 heteroatoms. The fourth-order valence-corrected chi connectivity index (χ4v) is 2.78. The summed E-state index contributed by atoms with van der Waals surface area (Å²) in [5.41, 5.74) is 2.35. The molecule has 0 N–H and O–H groups in total. The molecule has 0 aliphatic carbocycles. The zero-order valence-electron chi connectivity index (χ0n) is 8.95. The van der Waals surface area contributed by atoms with Crippen molar-refractivity contribution in [2.45, 2.75) is 19.6 Å². The van der Waals surface area contributed by atoms with E-state index in [9.17, 15) is 8.42 Å². The van der Waals surface area contributed by atoms with Gasteiger partial charge in [-0.25, -0.2) is 8.42 Å². The minimum atomic E-state index is -3.55. The summed E-state index contributed by atoms with van der Waals surface area (Å²) in [5.74, 6) is 0.625. The standard InChI is InChI=1S/C11H11ClO3S/c1-7-8(2)15-10-5-3-4-9(11(7)10)6-16(12,13)14/h3-5H,6H2,1-2H3. The van der Waals surface area contributed by atoms with Crippen molar-refractivity contribution in [3.8, 4) is 0 Å². The van der Waals surface area contributed by atoms with E-state index in [0.29, 0.717) is 11.1 Å². The van der Waals surface area contributed by atoms with Gasteiger partial charge in [0.1, 0.15) is 11.3 Å². The monoisotopic (exact) mass is 258 g/mol. The Morgan fingerprint density at radius 1 is 1.31 bits per heavy atom. The SMILES string of the molecule is Cc1oc2cccc(CS(=O)(=O)Cl)c2c1C. The van der Waals surface area contributed by atoms with Crippen LogP contribution in [0.4, 0.5) is 0 Å². The van der Waals surface area contributed by atoms with Crippen molar-refractivity contribution in [1.29, 1.82) is 0 Å². The van der Waals surface area contributed by atoms with Gasteiger partial charge in [0.2, 0.25) is 9.05 Å². The van der Waals surface area contributed by atoms with Crippen LogP contribution in [0.3, 0.4) is 0 Å². The maximum Gasteiger partial charge on any atom is 0.236 e. The molecule has 0 bridgehead atoms. The molecule has 1 heterocycles. The van der Waals surface area contributed by atoms with Crippen molar-refractivity contribution in [3.05, 3.63) is 35.1 Å². The first kappa shape index (κ1) is 11.5. The third-order valence-corrected chi connectivity index (χ3v) is 3.59. The molecule has 3 nitrogen and oxygen atoms in total. The summed E-state index contributed by atoms with van der Waals surface area (Å²) in [7, 11) is 1.72. The maximum atomic E-state index is 11.1. The lowest BCUT2D eigenvalue weighted by atomic mass is 10.1. The van der Waals surface area contributed by atoms with E-state index in [-0.39, 0.29) is 5.75 Å². The molecule has 0 saturated carbocycles. The molecule has 0 unspecified atom stereocenters. The molecule has 0 spiro atoms. The molecule has 0 atom stereocenters. The van der Waals surface area contributed by atoms with Gasteiger partial charge in [0.25, 0.3) is 0 Å². The first-order valence-electron chi connectivity index (χ1n) is 4.78. The number of aryl methyl sites for hydroxylation is 2. The highest BCUT2D eigenvalue weighted by Crippen LogP contribution is 2.29. The quantitative estimate of drug-likeness (QED) is 0.778. The van der Waals surface area contributed by atoms with Crippen LogP contribution in [0.1, 0.15) is 16.9 Å². The second kappa shape index (κ2) is 3.79. The number of hydrogen-bond donors (Lipinski definition) is 0. The highest BCUT2D eigenvalue weighted by atomic mass is 35.7. The summed E-state index contributed by atoms with van der Waals surface area (Å²) in [5, 5.41) is 0.851. The third-order valence-electron chi connectivity index (χ3n) is 2.61. The lowest BCUT2D eigenvalue weighted by Crippen LogP contribution is -1.95. The molecule has 0 radical (unpaired) electrons. The summed E-state index contributed by atoms with van der Waals surface area (Å²) < 4.78 is 27.7. The topological polar surface area (TPSA) is 47.3 Å². The zero-order chi connectivity index (χ0) is 11.9. The fraction of sp³-hybridized carbons (Fsp3) is 0.273. The number of benzene rings is 1. The molecule has 16 heavy (non-hydrogen) atoms. The van der Waals surface area contributed by atoms with Crippen molar-refractivity contribution >= 4 is 30.7 Å². The van der Waals surface area contributed by atoms with Crippen LogP contribution in [-0.2, 0) is 14.8 Å². The Labute approximate surface area is 98.4 Å². The molecule has 86 valence electrons. The number of fused-ring (bicyclic) bond motifs is 1. The van der Waals surface area contributed by atoms with Gasteiger partial charge in [0.15, 0.2) is 0 Å². The summed E-state index contributed by atoms with van der Waals surface area (Å²) in [6.45, 7) is 3.76. The van der Waals surface area contributed by atoms with Crippen LogP contribution >= 0.6 is 10.7 Å². The number of rotatable bonds is 2. The van der Waals surface area contributed by atoms with Crippen molar-refractivity contribution in [2.75, 3.05) is 0 Å². The first-order chi connectivity index (χ1) is 7.38. The van der Waals surface area contributed by atoms with E-state index in [1.165, 1.54) is 0 Å². The number of hydrogen-bond acceptors (Lipinski definition) is 3. The van der Waals surface area contributed by atoms with Crippen LogP contribution in [0.25, 0.3) is 11.0 Å². The van der Waals surface area contributed by atoms with Crippen LogP contribution in [-0.4, -0.2) is 8.42 Å². The van der Waals surface area contributed by atoms with Gasteiger partial charge >= 0.3 is 0 Å². The van der Waals surface area contributed by atoms with Crippen molar-refractivity contribution in [2.24, 2.45) is 0 Å². The smallest absolute Gasteiger partial charge is 0.236 e. The minimum absolute atomic E-state index is 0.175. The zero-order valence-corrected chi connectivity index (χ0v) is 10.5. The normalized spacial score (nSPS) is 12.2. The highest BCUT2D eigenvalue weighted by Gasteiger charge is 2.15. The molecule has 0 aliphatic rings. The Kier molecular flexibility index (Phi) is 2.72. The van der Waals surface area contributed by atoms with Gasteiger partial charge in [-0.15, -0.1) is 0 Å². The van der Waals surface area contributed by atoms with Crippen LogP contribution in [0, 0.1) is 13.8 Å². The number of furan rings is 1. The summed E-state index contributed by atoms with van der Waals surface area (Å²) >= 11 is 0. The Balaban J connectivity index is 2.70. The summed E-state index contributed by atoms with van der Waals surface area (Å²) in [6, 6.07) is 5.34. The predicted octanol–water partition coefficient (Wildman–Crippen LogP) is 3.12. The Bertz CT molecular complexity index is 641. The molecular formula is C11H11ClO3S. The van der Waals surface area contributed by atoms with Gasteiger partial charge in [0, 0.05) is 16.1 Å². The van der Waals surface area contributed by atoms with Gasteiger partial charge in [-0.1, -0.05) is 12.1 Å². The van der Waals surface area contributed by atoms with Crippen LogP contribution in [0.2, 0.25) is 0 Å². The van der Waals surface area contributed by atoms with Crippen LogP contribution < -0.4 is 0 Å². The van der Waals surface area contributed by atoms with E-state index in [1.807, 2.05) is 19.9 Å². The largest absolute Gasteiger partial charge is 0.461 e. The van der Waals surface area contributed by atoms with E-state index in [0.717, 1.165) is 16.7 Å². The van der Waals surface area contributed by atoms with E-state index in [1.54, 1.807) is 12.1 Å².